The van der Waals surface area contributed by atoms with Gasteiger partial charge in [0.1, 0.15) is 6.07 Å². The minimum Gasteiger partial charge on any atom is -0.374 e. The summed E-state index contributed by atoms with van der Waals surface area (Å²) >= 11 is 0. The molecule has 0 spiro atoms. The van der Waals surface area contributed by atoms with Crippen LogP contribution in [0.4, 0.5) is 0 Å². The molecule has 2 unspecified atom stereocenters. The molecule has 0 heterocycles. The van der Waals surface area contributed by atoms with Crippen LogP contribution in [0.5, 0.6) is 0 Å². The Morgan fingerprint density at radius 2 is 1.91 bits per heavy atom. The van der Waals surface area contributed by atoms with Crippen molar-refractivity contribution in [2.45, 2.75) is 18.1 Å². The fourth-order valence-electron chi connectivity index (χ4n) is 0.425. The molecule has 56 valence electrons. The van der Waals surface area contributed by atoms with E-state index >= 15 is 0 Å². The lowest BCUT2D eigenvalue weighted by Crippen LogP contribution is -2.39. The molecule has 0 aromatic carbocycles. The highest BCUT2D eigenvalue weighted by Gasteiger charge is 2.35. The largest absolute Gasteiger partial charge is 0.374 e. The summed E-state index contributed by atoms with van der Waals surface area (Å²) < 4.78 is 0. The predicted molar refractivity (Wildman–Crippen MR) is 32.4 cm³/mol. The maximum atomic E-state index is 9.03. The van der Waals surface area contributed by atoms with E-state index in [-0.39, 0.29) is 0 Å². The van der Waals surface area contributed by atoms with Crippen molar-refractivity contribution in [1.82, 2.24) is 0 Å². The highest BCUT2D eigenvalue weighted by Crippen LogP contribution is 2.12. The standard InChI is InChI=1S/C6H5N3O2/c7-2-1-6(11,4-9)5(10)3-8/h5,10-11H,1H2. The second-order valence-corrected chi connectivity index (χ2v) is 1.90. The van der Waals surface area contributed by atoms with Gasteiger partial charge in [0, 0.05) is 0 Å². The van der Waals surface area contributed by atoms with Gasteiger partial charge >= 0.3 is 0 Å². The van der Waals surface area contributed by atoms with E-state index in [2.05, 4.69) is 0 Å². The molecule has 0 bridgehead atoms. The Morgan fingerprint density at radius 3 is 2.18 bits per heavy atom. The molecule has 0 aromatic rings. The van der Waals surface area contributed by atoms with Crippen LogP contribution in [0.15, 0.2) is 0 Å². The van der Waals surface area contributed by atoms with Crippen molar-refractivity contribution in [2.75, 3.05) is 0 Å². The lowest BCUT2D eigenvalue weighted by molar-refractivity contribution is -0.0000937. The minimum atomic E-state index is -2.26. The molecule has 0 saturated carbocycles. The zero-order valence-corrected chi connectivity index (χ0v) is 5.52. The Labute approximate surface area is 63.3 Å². The molecule has 0 aromatic heterocycles. The quantitative estimate of drug-likeness (QED) is 0.493. The van der Waals surface area contributed by atoms with Crippen LogP contribution in [0, 0.1) is 34.0 Å². The Kier molecular flexibility index (Phi) is 3.01. The molecule has 0 radical (unpaired) electrons. The highest BCUT2D eigenvalue weighted by molar-refractivity contribution is 5.15. The fraction of sp³-hybridized carbons (Fsp3) is 0.500. The topological polar surface area (TPSA) is 112 Å². The molecule has 0 aliphatic carbocycles. The predicted octanol–water partition coefficient (Wildman–Crippen LogP) is -0.961. The van der Waals surface area contributed by atoms with E-state index in [1.807, 2.05) is 0 Å². The van der Waals surface area contributed by atoms with Crippen molar-refractivity contribution in [3.05, 3.63) is 0 Å². The van der Waals surface area contributed by atoms with Crippen LogP contribution in [0.1, 0.15) is 6.42 Å². The van der Waals surface area contributed by atoms with Crippen molar-refractivity contribution in [3.8, 4) is 18.2 Å². The molecule has 0 aliphatic rings. The van der Waals surface area contributed by atoms with E-state index in [0.717, 1.165) is 0 Å². The lowest BCUT2D eigenvalue weighted by atomic mass is 9.96. The van der Waals surface area contributed by atoms with Crippen LogP contribution in [-0.4, -0.2) is 21.9 Å². The molecule has 2 atom stereocenters. The Morgan fingerprint density at radius 1 is 1.36 bits per heavy atom. The van der Waals surface area contributed by atoms with Crippen molar-refractivity contribution < 1.29 is 10.2 Å². The van der Waals surface area contributed by atoms with Crippen molar-refractivity contribution in [1.29, 1.82) is 15.8 Å². The average molecular weight is 151 g/mol. The van der Waals surface area contributed by atoms with E-state index in [1.54, 1.807) is 0 Å². The Bertz CT molecular complexity index is 256. The molecule has 0 fully saturated rings. The first-order valence-electron chi connectivity index (χ1n) is 2.69. The summed E-state index contributed by atoms with van der Waals surface area (Å²) in [6.45, 7) is 0. The average Bonchev–Trinajstić information content (AvgIpc) is 2.03. The number of hydrogen-bond donors (Lipinski definition) is 2. The summed E-state index contributed by atoms with van der Waals surface area (Å²) in [7, 11) is 0. The number of aliphatic hydroxyl groups excluding tert-OH is 1. The zero-order valence-electron chi connectivity index (χ0n) is 5.52. The summed E-state index contributed by atoms with van der Waals surface area (Å²) in [5.41, 5.74) is -2.26. The van der Waals surface area contributed by atoms with Crippen molar-refractivity contribution in [2.24, 2.45) is 0 Å². The SMILES string of the molecule is N#CCC(O)(C#N)C(O)C#N. The van der Waals surface area contributed by atoms with Gasteiger partial charge in [0.2, 0.25) is 5.60 Å². The number of aliphatic hydroxyl groups is 2. The van der Waals surface area contributed by atoms with Gasteiger partial charge in [-0.2, -0.15) is 15.8 Å². The van der Waals surface area contributed by atoms with Gasteiger partial charge in [-0.3, -0.25) is 0 Å². The van der Waals surface area contributed by atoms with Crippen LogP contribution < -0.4 is 0 Å². The van der Waals surface area contributed by atoms with Gasteiger partial charge < -0.3 is 10.2 Å². The third-order valence-electron chi connectivity index (χ3n) is 1.12. The minimum absolute atomic E-state index is 0.585. The van der Waals surface area contributed by atoms with E-state index in [9.17, 15) is 0 Å². The van der Waals surface area contributed by atoms with Crippen LogP contribution in [-0.2, 0) is 0 Å². The maximum absolute atomic E-state index is 9.03. The molecule has 5 heteroatoms. The molecular formula is C6H5N3O2. The Balaban J connectivity index is 4.55. The number of hydrogen-bond acceptors (Lipinski definition) is 5. The molecule has 11 heavy (non-hydrogen) atoms. The summed E-state index contributed by atoms with van der Waals surface area (Å²) in [6, 6.07) is 4.05. The molecule has 0 aliphatic heterocycles. The van der Waals surface area contributed by atoms with Gasteiger partial charge in [0.05, 0.1) is 18.6 Å². The lowest BCUT2D eigenvalue weighted by Gasteiger charge is -2.16. The first kappa shape index (κ1) is 9.39. The smallest absolute Gasteiger partial charge is 0.203 e. The number of nitriles is 3. The molecule has 2 N–H and O–H groups in total. The fourth-order valence-corrected chi connectivity index (χ4v) is 0.425. The molecule has 0 saturated heterocycles. The van der Waals surface area contributed by atoms with Crippen molar-refractivity contribution >= 4 is 0 Å². The van der Waals surface area contributed by atoms with E-state index in [0.29, 0.717) is 0 Å². The second kappa shape index (κ2) is 3.53. The summed E-state index contributed by atoms with van der Waals surface area (Å²) in [5.74, 6) is 0. The normalized spacial score (nSPS) is 16.6. The van der Waals surface area contributed by atoms with E-state index in [1.165, 1.54) is 18.2 Å². The second-order valence-electron chi connectivity index (χ2n) is 1.90. The van der Waals surface area contributed by atoms with Crippen LogP contribution in [0.3, 0.4) is 0 Å². The summed E-state index contributed by atoms with van der Waals surface area (Å²) in [4.78, 5) is 0. The first-order chi connectivity index (χ1) is 5.10. The van der Waals surface area contributed by atoms with Crippen LogP contribution in [0.25, 0.3) is 0 Å². The van der Waals surface area contributed by atoms with Gasteiger partial charge in [-0.15, -0.1) is 0 Å². The molecule has 5 nitrogen and oxygen atoms in total. The number of rotatable bonds is 2. The van der Waals surface area contributed by atoms with Gasteiger partial charge in [0.25, 0.3) is 0 Å². The zero-order chi connectivity index (χ0) is 8.91. The van der Waals surface area contributed by atoms with Gasteiger partial charge in [0.15, 0.2) is 6.10 Å². The maximum Gasteiger partial charge on any atom is 0.203 e. The molecule has 0 amide bonds. The van der Waals surface area contributed by atoms with Crippen LogP contribution in [0.2, 0.25) is 0 Å². The van der Waals surface area contributed by atoms with Crippen molar-refractivity contribution in [3.63, 3.8) is 0 Å². The van der Waals surface area contributed by atoms with Gasteiger partial charge in [-0.25, -0.2) is 0 Å². The van der Waals surface area contributed by atoms with E-state index < -0.39 is 18.1 Å². The summed E-state index contributed by atoms with van der Waals surface area (Å²) in [6.07, 6.45) is -2.43. The van der Waals surface area contributed by atoms with E-state index in [4.69, 9.17) is 26.0 Å². The van der Waals surface area contributed by atoms with Gasteiger partial charge in [-0.1, -0.05) is 0 Å². The van der Waals surface area contributed by atoms with Gasteiger partial charge in [-0.05, 0) is 0 Å². The number of nitrogens with zero attached hydrogens (tertiary/aromatic N) is 3. The summed E-state index contributed by atoms with van der Waals surface area (Å²) in [5, 5.41) is 42.2. The van der Waals surface area contributed by atoms with Crippen LogP contribution >= 0.6 is 0 Å². The Hall–Kier alpha value is -1.61. The molecule has 0 rings (SSSR count). The first-order valence-corrected chi connectivity index (χ1v) is 2.69. The third kappa shape index (κ3) is 1.91. The highest BCUT2D eigenvalue weighted by atomic mass is 16.3. The monoisotopic (exact) mass is 151 g/mol. The third-order valence-corrected chi connectivity index (χ3v) is 1.12. The molecular weight excluding hydrogens is 146 g/mol.